The lowest BCUT2D eigenvalue weighted by molar-refractivity contribution is -0.140. The number of carbonyl (C=O) groups is 3. The Morgan fingerprint density at radius 1 is 1.21 bits per heavy atom. The van der Waals surface area contributed by atoms with E-state index in [1.54, 1.807) is 24.3 Å². The van der Waals surface area contributed by atoms with E-state index in [1.165, 1.54) is 23.8 Å². The lowest BCUT2D eigenvalue weighted by atomic mass is 10.1. The highest BCUT2D eigenvalue weighted by atomic mass is 32.1. The first-order valence-corrected chi connectivity index (χ1v) is 9.41. The molecule has 0 saturated heterocycles. The number of hydrogen-bond donors (Lipinski definition) is 4. The number of amides is 2. The predicted octanol–water partition coefficient (Wildman–Crippen LogP) is 0.858. The van der Waals surface area contributed by atoms with E-state index in [0.717, 1.165) is 11.1 Å². The number of rotatable bonds is 10. The standard InChI is InChI=1S/C18H21N3O7S/c1-27-6-7-28-18(26)19-8-11-2-4-12(5-3-11)16-21-14(10-29-16)15(23)20-13(9-22)17(24)25/h2-5,10,13,22H,6-9H2,1H3,(H,19,26)(H,20,23)(H,24,25)/t13-/m0/s1. The number of carboxylic acid groups (broad SMARTS) is 1. The number of nitrogens with one attached hydrogen (secondary N) is 2. The maximum atomic E-state index is 12.1. The molecule has 2 amide bonds. The van der Waals surface area contributed by atoms with Crippen LogP contribution in [0.1, 0.15) is 16.1 Å². The van der Waals surface area contributed by atoms with Crippen LogP contribution >= 0.6 is 11.3 Å². The zero-order chi connectivity index (χ0) is 21.2. The molecular weight excluding hydrogens is 402 g/mol. The topological polar surface area (TPSA) is 147 Å². The number of methoxy groups -OCH3 is 1. The minimum atomic E-state index is -1.39. The summed E-state index contributed by atoms with van der Waals surface area (Å²) in [6, 6.07) is 5.81. The van der Waals surface area contributed by atoms with Crippen LogP contribution in [0.25, 0.3) is 10.6 Å². The van der Waals surface area contributed by atoms with E-state index in [1.807, 2.05) is 0 Å². The number of ether oxygens (including phenoxy) is 2. The second kappa shape index (κ2) is 11.1. The van der Waals surface area contributed by atoms with Gasteiger partial charge < -0.3 is 30.3 Å². The first-order chi connectivity index (χ1) is 13.9. The van der Waals surface area contributed by atoms with Crippen molar-refractivity contribution in [3.05, 3.63) is 40.9 Å². The van der Waals surface area contributed by atoms with Gasteiger partial charge in [-0.2, -0.15) is 0 Å². The lowest BCUT2D eigenvalue weighted by Gasteiger charge is -2.09. The van der Waals surface area contributed by atoms with E-state index in [-0.39, 0.29) is 18.8 Å². The highest BCUT2D eigenvalue weighted by Gasteiger charge is 2.21. The average molecular weight is 423 g/mol. The Balaban J connectivity index is 1.92. The molecule has 0 unspecified atom stereocenters. The van der Waals surface area contributed by atoms with Gasteiger partial charge in [-0.05, 0) is 5.56 Å². The van der Waals surface area contributed by atoms with Crippen LogP contribution in [-0.4, -0.2) is 66.1 Å². The zero-order valence-electron chi connectivity index (χ0n) is 15.6. The van der Waals surface area contributed by atoms with Gasteiger partial charge in [-0.25, -0.2) is 14.6 Å². The number of aliphatic hydroxyl groups is 1. The van der Waals surface area contributed by atoms with Gasteiger partial charge in [0.05, 0.1) is 13.2 Å². The summed E-state index contributed by atoms with van der Waals surface area (Å²) in [5.41, 5.74) is 1.67. The van der Waals surface area contributed by atoms with Gasteiger partial charge in [-0.15, -0.1) is 11.3 Å². The van der Waals surface area contributed by atoms with Crippen LogP contribution in [0.3, 0.4) is 0 Å². The second-order valence-electron chi connectivity index (χ2n) is 5.76. The first-order valence-electron chi connectivity index (χ1n) is 8.53. The number of alkyl carbamates (subject to hydrolysis) is 1. The van der Waals surface area contributed by atoms with E-state index in [9.17, 15) is 14.4 Å². The van der Waals surface area contributed by atoms with Gasteiger partial charge in [-0.1, -0.05) is 24.3 Å². The van der Waals surface area contributed by atoms with Crippen molar-refractivity contribution in [2.45, 2.75) is 12.6 Å². The average Bonchev–Trinajstić information content (AvgIpc) is 3.21. The van der Waals surface area contributed by atoms with Crippen molar-refractivity contribution in [2.75, 3.05) is 26.9 Å². The number of hydrogen-bond acceptors (Lipinski definition) is 8. The number of thiazole rings is 1. The summed E-state index contributed by atoms with van der Waals surface area (Å²) in [6.07, 6.45) is -0.538. The molecule has 11 heteroatoms. The van der Waals surface area contributed by atoms with Gasteiger partial charge >= 0.3 is 12.1 Å². The smallest absolute Gasteiger partial charge is 0.407 e. The van der Waals surface area contributed by atoms with Crippen LogP contribution in [0.4, 0.5) is 4.79 Å². The third-order valence-electron chi connectivity index (χ3n) is 3.68. The molecule has 0 aliphatic carbocycles. The highest BCUT2D eigenvalue weighted by Crippen LogP contribution is 2.24. The Labute approximate surface area is 170 Å². The fourth-order valence-corrected chi connectivity index (χ4v) is 2.94. The molecule has 0 aliphatic rings. The molecule has 1 heterocycles. The fourth-order valence-electron chi connectivity index (χ4n) is 2.14. The van der Waals surface area contributed by atoms with Crippen molar-refractivity contribution >= 4 is 29.3 Å². The van der Waals surface area contributed by atoms with E-state index in [2.05, 4.69) is 15.6 Å². The minimum Gasteiger partial charge on any atom is -0.480 e. The van der Waals surface area contributed by atoms with Crippen molar-refractivity contribution in [1.29, 1.82) is 0 Å². The van der Waals surface area contributed by atoms with E-state index in [0.29, 0.717) is 11.6 Å². The molecule has 156 valence electrons. The van der Waals surface area contributed by atoms with Gasteiger partial charge in [0.1, 0.15) is 17.3 Å². The Kier molecular flexibility index (Phi) is 8.52. The van der Waals surface area contributed by atoms with Crippen LogP contribution in [-0.2, 0) is 20.8 Å². The van der Waals surface area contributed by atoms with Gasteiger partial charge in [-0.3, -0.25) is 4.79 Å². The molecule has 2 rings (SSSR count). The first kappa shape index (κ1) is 22.3. The number of benzene rings is 1. The van der Waals surface area contributed by atoms with Crippen LogP contribution in [0.5, 0.6) is 0 Å². The third kappa shape index (κ3) is 6.82. The summed E-state index contributed by atoms with van der Waals surface area (Å²) < 4.78 is 9.69. The molecular formula is C18H21N3O7S. The number of aliphatic hydroxyl groups excluding tert-OH is 1. The van der Waals surface area contributed by atoms with E-state index in [4.69, 9.17) is 19.7 Å². The minimum absolute atomic E-state index is 0.0641. The molecule has 10 nitrogen and oxygen atoms in total. The Hall–Kier alpha value is -3.02. The molecule has 1 atom stereocenters. The van der Waals surface area contributed by atoms with Crippen molar-refractivity contribution < 1.29 is 34.1 Å². The molecule has 4 N–H and O–H groups in total. The number of aliphatic carboxylic acids is 1. The molecule has 0 saturated carbocycles. The number of carboxylic acids is 1. The van der Waals surface area contributed by atoms with Crippen LogP contribution in [0.2, 0.25) is 0 Å². The fraction of sp³-hybridized carbons (Fsp3) is 0.333. The van der Waals surface area contributed by atoms with Crippen LogP contribution in [0.15, 0.2) is 29.6 Å². The zero-order valence-corrected chi connectivity index (χ0v) is 16.4. The van der Waals surface area contributed by atoms with E-state index < -0.39 is 30.6 Å². The highest BCUT2D eigenvalue weighted by molar-refractivity contribution is 7.13. The molecule has 0 aliphatic heterocycles. The van der Waals surface area contributed by atoms with Gasteiger partial charge in [0, 0.05) is 24.6 Å². The number of aromatic nitrogens is 1. The van der Waals surface area contributed by atoms with Crippen molar-refractivity contribution in [3.63, 3.8) is 0 Å². The number of carbonyl (C=O) groups excluding carboxylic acids is 2. The largest absolute Gasteiger partial charge is 0.480 e. The summed E-state index contributed by atoms with van der Waals surface area (Å²) in [5.74, 6) is -2.01. The molecule has 1 aromatic heterocycles. The molecule has 0 bridgehead atoms. The SMILES string of the molecule is COCCOC(=O)NCc1ccc(-c2nc(C(=O)N[C@@H](CO)C(=O)O)cs2)cc1. The maximum absolute atomic E-state index is 12.1. The van der Waals surface area contributed by atoms with Gasteiger partial charge in [0.2, 0.25) is 0 Å². The van der Waals surface area contributed by atoms with Crippen LogP contribution < -0.4 is 10.6 Å². The predicted molar refractivity (Wildman–Crippen MR) is 104 cm³/mol. The molecule has 0 radical (unpaired) electrons. The molecule has 1 aromatic carbocycles. The van der Waals surface area contributed by atoms with Crippen molar-refractivity contribution in [2.24, 2.45) is 0 Å². The molecule has 29 heavy (non-hydrogen) atoms. The quantitative estimate of drug-likeness (QED) is 0.411. The molecule has 0 spiro atoms. The van der Waals surface area contributed by atoms with Crippen molar-refractivity contribution in [1.82, 2.24) is 15.6 Å². The Bertz CT molecular complexity index is 838. The third-order valence-corrected chi connectivity index (χ3v) is 4.57. The summed E-state index contributed by atoms with van der Waals surface area (Å²) in [7, 11) is 1.52. The summed E-state index contributed by atoms with van der Waals surface area (Å²) in [4.78, 5) is 38.6. The summed E-state index contributed by atoms with van der Waals surface area (Å²) >= 11 is 1.23. The summed E-state index contributed by atoms with van der Waals surface area (Å²) in [5, 5.41) is 24.8. The van der Waals surface area contributed by atoms with Gasteiger partial charge in [0.15, 0.2) is 6.04 Å². The maximum Gasteiger partial charge on any atom is 0.407 e. The summed E-state index contributed by atoms with van der Waals surface area (Å²) in [6.45, 7) is 0.0719. The van der Waals surface area contributed by atoms with Crippen molar-refractivity contribution in [3.8, 4) is 10.6 Å². The molecule has 2 aromatic rings. The molecule has 0 fully saturated rings. The van der Waals surface area contributed by atoms with Crippen LogP contribution in [0, 0.1) is 0 Å². The van der Waals surface area contributed by atoms with Gasteiger partial charge in [0.25, 0.3) is 5.91 Å². The monoisotopic (exact) mass is 423 g/mol. The second-order valence-corrected chi connectivity index (χ2v) is 6.62. The normalized spacial score (nSPS) is 11.5. The number of nitrogens with zero attached hydrogens (tertiary/aromatic N) is 1. The lowest BCUT2D eigenvalue weighted by Crippen LogP contribution is -2.43. The Morgan fingerprint density at radius 3 is 2.55 bits per heavy atom. The van der Waals surface area contributed by atoms with E-state index >= 15 is 0 Å². The Morgan fingerprint density at radius 2 is 1.93 bits per heavy atom.